The van der Waals surface area contributed by atoms with E-state index in [4.69, 9.17) is 4.98 Å². The fourth-order valence-corrected chi connectivity index (χ4v) is 3.95. The molecule has 1 atom stereocenters. The summed E-state index contributed by atoms with van der Waals surface area (Å²) in [4.78, 5) is 14.1. The second-order valence-corrected chi connectivity index (χ2v) is 6.88. The van der Waals surface area contributed by atoms with Gasteiger partial charge in [0, 0.05) is 31.6 Å². The predicted molar refractivity (Wildman–Crippen MR) is 92.6 cm³/mol. The maximum atomic E-state index is 4.69. The van der Waals surface area contributed by atoms with E-state index in [9.17, 15) is 0 Å². The van der Waals surface area contributed by atoms with Crippen LogP contribution in [-0.4, -0.2) is 35.0 Å². The van der Waals surface area contributed by atoms with Gasteiger partial charge in [-0.2, -0.15) is 0 Å². The zero-order valence-corrected chi connectivity index (χ0v) is 14.0. The normalized spacial score (nSPS) is 21.5. The van der Waals surface area contributed by atoms with Crippen molar-refractivity contribution in [2.24, 2.45) is 0 Å². The lowest BCUT2D eigenvalue weighted by molar-refractivity contribution is 0.309. The van der Waals surface area contributed by atoms with Gasteiger partial charge in [-0.15, -0.1) is 0 Å². The molecule has 1 fully saturated rings. The molecule has 4 nitrogen and oxygen atoms in total. The molecule has 1 saturated heterocycles. The van der Waals surface area contributed by atoms with Crippen molar-refractivity contribution in [2.45, 2.75) is 38.8 Å². The molecule has 0 aliphatic carbocycles. The number of anilines is 1. The van der Waals surface area contributed by atoms with Gasteiger partial charge in [-0.25, -0.2) is 9.97 Å². The Hall–Kier alpha value is -1.94. The summed E-state index contributed by atoms with van der Waals surface area (Å²) in [5.41, 5.74) is 5.32. The summed E-state index contributed by atoms with van der Waals surface area (Å²) in [6.07, 6.45) is 5.22. The van der Waals surface area contributed by atoms with Gasteiger partial charge >= 0.3 is 0 Å². The van der Waals surface area contributed by atoms with Crippen LogP contribution in [0.2, 0.25) is 0 Å². The standard InChI is InChI=1S/C19H24N4/c1-14-5-3-6-15(11-14)18-7-4-9-23(18)19-16-12-22(2)10-8-17(16)20-13-21-19/h3,5-6,11,13,18H,4,7-10,12H2,1-2H3/t18-/m0/s1. The Morgan fingerprint density at radius 2 is 2.09 bits per heavy atom. The first-order chi connectivity index (χ1) is 11.2. The number of nitrogens with zero attached hydrogens (tertiary/aromatic N) is 4. The number of fused-ring (bicyclic) bond motifs is 1. The molecule has 0 bridgehead atoms. The molecule has 0 spiro atoms. The zero-order chi connectivity index (χ0) is 15.8. The highest BCUT2D eigenvalue weighted by molar-refractivity contribution is 5.52. The summed E-state index contributed by atoms with van der Waals surface area (Å²) in [7, 11) is 2.18. The second kappa shape index (κ2) is 5.93. The smallest absolute Gasteiger partial charge is 0.137 e. The van der Waals surface area contributed by atoms with E-state index in [1.807, 2.05) is 0 Å². The van der Waals surface area contributed by atoms with Crippen molar-refractivity contribution in [1.29, 1.82) is 0 Å². The van der Waals surface area contributed by atoms with E-state index in [0.717, 1.165) is 31.9 Å². The van der Waals surface area contributed by atoms with Crippen LogP contribution in [0.5, 0.6) is 0 Å². The number of aryl methyl sites for hydroxylation is 1. The molecule has 3 heterocycles. The number of hydrogen-bond donors (Lipinski definition) is 0. The van der Waals surface area contributed by atoms with Crippen LogP contribution in [0, 0.1) is 6.92 Å². The van der Waals surface area contributed by atoms with E-state index in [0.29, 0.717) is 6.04 Å². The van der Waals surface area contributed by atoms with Crippen LogP contribution in [0.25, 0.3) is 0 Å². The van der Waals surface area contributed by atoms with Gasteiger partial charge in [0.15, 0.2) is 0 Å². The molecule has 0 amide bonds. The Labute approximate surface area is 138 Å². The Kier molecular flexibility index (Phi) is 3.77. The third-order valence-electron chi connectivity index (χ3n) is 5.12. The first kappa shape index (κ1) is 14.6. The molecule has 0 N–H and O–H groups in total. The van der Waals surface area contributed by atoms with E-state index < -0.39 is 0 Å². The number of hydrogen-bond acceptors (Lipinski definition) is 4. The van der Waals surface area contributed by atoms with Gasteiger partial charge in [-0.05, 0) is 32.4 Å². The largest absolute Gasteiger partial charge is 0.349 e. The lowest BCUT2D eigenvalue weighted by Crippen LogP contribution is -2.32. The summed E-state index contributed by atoms with van der Waals surface area (Å²) in [6, 6.07) is 9.37. The fourth-order valence-electron chi connectivity index (χ4n) is 3.95. The van der Waals surface area contributed by atoms with Crippen LogP contribution in [0.3, 0.4) is 0 Å². The Morgan fingerprint density at radius 3 is 2.96 bits per heavy atom. The van der Waals surface area contributed by atoms with Gasteiger partial charge < -0.3 is 9.80 Å². The molecule has 2 aliphatic heterocycles. The minimum atomic E-state index is 0.445. The molecule has 2 aliphatic rings. The van der Waals surface area contributed by atoms with Crippen LogP contribution in [0.1, 0.15) is 41.3 Å². The van der Waals surface area contributed by atoms with Crippen molar-refractivity contribution in [3.8, 4) is 0 Å². The van der Waals surface area contributed by atoms with Gasteiger partial charge in [-0.1, -0.05) is 29.8 Å². The van der Waals surface area contributed by atoms with Crippen molar-refractivity contribution >= 4 is 5.82 Å². The van der Waals surface area contributed by atoms with Crippen LogP contribution in [0.4, 0.5) is 5.82 Å². The molecular weight excluding hydrogens is 284 g/mol. The van der Waals surface area contributed by atoms with Gasteiger partial charge in [0.2, 0.25) is 0 Å². The highest BCUT2D eigenvalue weighted by atomic mass is 15.2. The summed E-state index contributed by atoms with van der Waals surface area (Å²) in [5, 5.41) is 0. The maximum Gasteiger partial charge on any atom is 0.137 e. The second-order valence-electron chi connectivity index (χ2n) is 6.88. The van der Waals surface area contributed by atoms with Gasteiger partial charge in [-0.3, -0.25) is 0 Å². The molecular formula is C19H24N4. The minimum absolute atomic E-state index is 0.445. The van der Waals surface area contributed by atoms with Crippen LogP contribution in [-0.2, 0) is 13.0 Å². The molecule has 1 aromatic heterocycles. The lowest BCUT2D eigenvalue weighted by Gasteiger charge is -2.32. The Bertz CT molecular complexity index is 712. The van der Waals surface area contributed by atoms with Crippen LogP contribution < -0.4 is 4.90 Å². The molecule has 1 aromatic carbocycles. The molecule has 4 rings (SSSR count). The van der Waals surface area contributed by atoms with Crippen LogP contribution >= 0.6 is 0 Å². The summed E-state index contributed by atoms with van der Waals surface area (Å²) >= 11 is 0. The molecule has 0 unspecified atom stereocenters. The molecule has 0 saturated carbocycles. The monoisotopic (exact) mass is 308 g/mol. The Balaban J connectivity index is 1.72. The molecule has 4 heteroatoms. The first-order valence-corrected chi connectivity index (χ1v) is 8.57. The van der Waals surface area contributed by atoms with Gasteiger partial charge in [0.05, 0.1) is 11.7 Å². The quantitative estimate of drug-likeness (QED) is 0.853. The number of likely N-dealkylation sites (N-methyl/N-ethyl adjacent to an activating group) is 1. The third-order valence-corrected chi connectivity index (χ3v) is 5.12. The number of aromatic nitrogens is 2. The average Bonchev–Trinajstić information content (AvgIpc) is 3.03. The highest BCUT2D eigenvalue weighted by Gasteiger charge is 2.30. The van der Waals surface area contributed by atoms with Crippen LogP contribution in [0.15, 0.2) is 30.6 Å². The summed E-state index contributed by atoms with van der Waals surface area (Å²) in [5.74, 6) is 1.16. The van der Waals surface area contributed by atoms with Crippen molar-refractivity contribution < 1.29 is 0 Å². The van der Waals surface area contributed by atoms with Crippen molar-refractivity contribution in [1.82, 2.24) is 14.9 Å². The molecule has 0 radical (unpaired) electrons. The van der Waals surface area contributed by atoms with Crippen molar-refractivity contribution in [3.63, 3.8) is 0 Å². The van der Waals surface area contributed by atoms with E-state index in [-0.39, 0.29) is 0 Å². The zero-order valence-electron chi connectivity index (χ0n) is 14.0. The SMILES string of the molecule is Cc1cccc([C@@H]2CCCN2c2ncnc3c2CN(C)CC3)c1. The van der Waals surface area contributed by atoms with E-state index in [1.54, 1.807) is 6.33 Å². The van der Waals surface area contributed by atoms with Crippen molar-refractivity contribution in [2.75, 3.05) is 25.0 Å². The van der Waals surface area contributed by atoms with E-state index >= 15 is 0 Å². The summed E-state index contributed by atoms with van der Waals surface area (Å²) in [6.45, 7) is 5.31. The fraction of sp³-hybridized carbons (Fsp3) is 0.474. The predicted octanol–water partition coefficient (Wildman–Crippen LogP) is 3.11. The maximum absolute atomic E-state index is 4.69. The highest BCUT2D eigenvalue weighted by Crippen LogP contribution is 2.38. The van der Waals surface area contributed by atoms with E-state index in [2.05, 4.69) is 53.0 Å². The first-order valence-electron chi connectivity index (χ1n) is 8.57. The average molecular weight is 308 g/mol. The lowest BCUT2D eigenvalue weighted by atomic mass is 10.0. The topological polar surface area (TPSA) is 32.3 Å². The van der Waals surface area contributed by atoms with Crippen molar-refractivity contribution in [3.05, 3.63) is 53.0 Å². The minimum Gasteiger partial charge on any atom is -0.349 e. The number of benzene rings is 1. The summed E-state index contributed by atoms with van der Waals surface area (Å²) < 4.78 is 0. The molecule has 120 valence electrons. The molecule has 23 heavy (non-hydrogen) atoms. The van der Waals surface area contributed by atoms with Gasteiger partial charge in [0.25, 0.3) is 0 Å². The molecule has 2 aromatic rings. The number of rotatable bonds is 2. The third kappa shape index (κ3) is 2.72. The van der Waals surface area contributed by atoms with E-state index in [1.165, 1.54) is 35.2 Å². The van der Waals surface area contributed by atoms with Gasteiger partial charge in [0.1, 0.15) is 12.1 Å². The Morgan fingerprint density at radius 1 is 1.17 bits per heavy atom.